The minimum atomic E-state index is -0.857. The minimum Gasteiger partial charge on any atom is -0.453 e. The van der Waals surface area contributed by atoms with E-state index >= 15 is 0 Å². The average molecular weight is 879 g/mol. The van der Waals surface area contributed by atoms with Crippen LogP contribution in [0.5, 0.6) is 0 Å². The fourth-order valence-electron chi connectivity index (χ4n) is 9.36. The lowest BCUT2D eigenvalue weighted by molar-refractivity contribution is -0.138. The lowest BCUT2D eigenvalue weighted by Gasteiger charge is -2.32. The molecular weight excluding hydrogens is 828 g/mol. The number of carbonyl (C=O) groups excluding carboxylic acids is 6. The van der Waals surface area contributed by atoms with Crippen LogP contribution in [0.3, 0.4) is 0 Å². The van der Waals surface area contributed by atoms with Gasteiger partial charge in [-0.15, -0.1) is 0 Å². The molecule has 17 heteroatoms. The van der Waals surface area contributed by atoms with Crippen molar-refractivity contribution in [3.63, 3.8) is 0 Å². The Bertz CT molecular complexity index is 2420. The first kappa shape index (κ1) is 43.2. The molecule has 5 atom stereocenters. The highest BCUT2D eigenvalue weighted by atomic mass is 35.5. The molecule has 5 unspecified atom stereocenters. The van der Waals surface area contributed by atoms with Crippen LogP contribution < -0.4 is 20.9 Å². The number of H-pyrrole nitrogens is 1. The first-order valence-electron chi connectivity index (χ1n) is 21.4. The molecule has 4 aromatic rings. The summed E-state index contributed by atoms with van der Waals surface area (Å²) < 4.78 is 9.52. The van der Waals surface area contributed by atoms with Crippen LogP contribution >= 0.6 is 11.6 Å². The molecule has 4 aliphatic rings. The molecule has 0 spiro atoms. The lowest BCUT2D eigenvalue weighted by atomic mass is 10.0. The van der Waals surface area contributed by atoms with E-state index in [2.05, 4.69) is 20.9 Å². The number of methoxy groups -OCH3 is 2. The Labute approximate surface area is 370 Å². The Morgan fingerprint density at radius 2 is 1.46 bits per heavy atom. The maximum atomic E-state index is 14.3. The second-order valence-corrected chi connectivity index (χ2v) is 17.1. The van der Waals surface area contributed by atoms with Crippen LogP contribution in [-0.4, -0.2) is 107 Å². The normalized spacial score (nSPS) is 20.9. The van der Waals surface area contributed by atoms with E-state index < -0.39 is 36.4 Å². The first-order valence-corrected chi connectivity index (χ1v) is 21.8. The molecule has 0 aliphatic carbocycles. The summed E-state index contributed by atoms with van der Waals surface area (Å²) in [5, 5.41) is 8.66. The molecule has 0 radical (unpaired) electrons. The Hall–Kier alpha value is -6.42. The van der Waals surface area contributed by atoms with Crippen molar-refractivity contribution in [1.29, 1.82) is 0 Å². The monoisotopic (exact) mass is 878 g/mol. The highest BCUT2D eigenvalue weighted by Gasteiger charge is 2.48. The van der Waals surface area contributed by atoms with E-state index in [0.717, 1.165) is 39.9 Å². The molecule has 4 aliphatic heterocycles. The molecule has 63 heavy (non-hydrogen) atoms. The number of nitrogens with zero attached hydrogens (tertiary/aromatic N) is 4. The van der Waals surface area contributed by atoms with Crippen molar-refractivity contribution in [2.24, 2.45) is 5.92 Å². The summed E-state index contributed by atoms with van der Waals surface area (Å²) in [5.41, 5.74) is 6.30. The van der Waals surface area contributed by atoms with E-state index in [9.17, 15) is 28.8 Å². The SMILES string of the molecule is COC(=O)NC1CCc2cccc3c2N(C1=O)C(C(=O)N1CCCC1C(=O)Nc1ccc(-c2ccc(-c4nc(C5CCCN5C(=O)C(NC(=O)OC)C(C)C)[nH]c4Cl)cc2)cc1)C3. The molecule has 3 aromatic carbocycles. The number of aromatic nitrogens is 2. The number of hydrogen-bond donors (Lipinski definition) is 4. The van der Waals surface area contributed by atoms with E-state index in [4.69, 9.17) is 26.1 Å². The third kappa shape index (κ3) is 8.55. The van der Waals surface area contributed by atoms with E-state index in [1.165, 1.54) is 19.1 Å². The van der Waals surface area contributed by atoms with Crippen molar-refractivity contribution < 1.29 is 38.2 Å². The zero-order chi connectivity index (χ0) is 44.5. The number of rotatable bonds is 10. The Morgan fingerprint density at radius 3 is 2.16 bits per heavy atom. The summed E-state index contributed by atoms with van der Waals surface area (Å²) >= 11 is 6.70. The second-order valence-electron chi connectivity index (χ2n) is 16.7. The molecule has 2 saturated heterocycles. The third-order valence-corrected chi connectivity index (χ3v) is 12.8. The fraction of sp³-hybridized carbons (Fsp3) is 0.413. The van der Waals surface area contributed by atoms with Crippen LogP contribution in [-0.2, 0) is 41.5 Å². The van der Waals surface area contributed by atoms with E-state index in [1.54, 1.807) is 9.80 Å². The lowest BCUT2D eigenvalue weighted by Crippen LogP contribution is -2.56. The molecule has 2 fully saturated rings. The number of ether oxygens (including phenoxy) is 2. The summed E-state index contributed by atoms with van der Waals surface area (Å²) in [7, 11) is 2.51. The molecule has 0 bridgehead atoms. The predicted octanol–water partition coefficient (Wildman–Crippen LogP) is 6.00. The molecule has 16 nitrogen and oxygen atoms in total. The molecular formula is C46H51ClN8O8. The molecule has 5 heterocycles. The summed E-state index contributed by atoms with van der Waals surface area (Å²) in [6.07, 6.45) is 2.46. The van der Waals surface area contributed by atoms with Gasteiger partial charge in [-0.2, -0.15) is 0 Å². The van der Waals surface area contributed by atoms with Crippen LogP contribution in [0.4, 0.5) is 21.0 Å². The molecule has 0 saturated carbocycles. The van der Waals surface area contributed by atoms with Gasteiger partial charge in [-0.3, -0.25) is 24.1 Å². The maximum absolute atomic E-state index is 14.3. The number of hydrogen-bond acceptors (Lipinski definition) is 9. The number of carbonyl (C=O) groups is 6. The van der Waals surface area contributed by atoms with Gasteiger partial charge in [-0.1, -0.05) is 80.0 Å². The van der Waals surface area contributed by atoms with Gasteiger partial charge in [-0.05, 0) is 78.8 Å². The number of aromatic amines is 1. The van der Waals surface area contributed by atoms with Gasteiger partial charge in [0.1, 0.15) is 40.8 Å². The van der Waals surface area contributed by atoms with E-state index in [-0.39, 0.29) is 35.6 Å². The Morgan fingerprint density at radius 1 is 0.810 bits per heavy atom. The number of nitrogens with one attached hydrogen (secondary N) is 4. The summed E-state index contributed by atoms with van der Waals surface area (Å²) in [6.45, 7) is 4.65. The molecule has 8 rings (SSSR count). The van der Waals surface area contributed by atoms with Crippen LogP contribution in [0.25, 0.3) is 22.4 Å². The highest BCUT2D eigenvalue weighted by Crippen LogP contribution is 2.41. The van der Waals surface area contributed by atoms with Gasteiger partial charge >= 0.3 is 12.2 Å². The smallest absolute Gasteiger partial charge is 0.407 e. The standard InChI is InChI=1S/C46H51ClN8O8/c1-25(2)36(51-46(61)63-4)44(59)53-22-6-10-33(53)40-50-37(39(47)52-40)28-14-12-26(13-15-28)27-16-19-31(20-17-27)48-41(56)34-11-7-23-54(34)43(58)35-24-30-9-5-8-29-18-21-32(49-45(60)62-3)42(57)55(35)38(29)30/h5,8-9,12-17,19-20,25,32-36H,6-7,10-11,18,21-24H2,1-4H3,(H,48,56)(H,49,60)(H,50,52)(H,51,61). The average Bonchev–Trinajstić information content (AvgIpc) is 4.11. The van der Waals surface area contributed by atoms with Gasteiger partial charge in [0.05, 0.1) is 25.9 Å². The number of benzene rings is 3. The summed E-state index contributed by atoms with van der Waals surface area (Å²) in [4.78, 5) is 92.7. The number of halogens is 1. The Kier molecular flexibility index (Phi) is 12.4. The number of imidazole rings is 1. The van der Waals surface area contributed by atoms with Gasteiger partial charge in [0.2, 0.25) is 23.6 Å². The second kappa shape index (κ2) is 18.1. The summed E-state index contributed by atoms with van der Waals surface area (Å²) in [6, 6.07) is 17.5. The van der Waals surface area contributed by atoms with E-state index in [0.29, 0.717) is 74.0 Å². The van der Waals surface area contributed by atoms with Gasteiger partial charge in [0, 0.05) is 30.8 Å². The van der Waals surface area contributed by atoms with Crippen molar-refractivity contribution in [1.82, 2.24) is 30.4 Å². The van der Waals surface area contributed by atoms with Gasteiger partial charge in [0.15, 0.2) is 0 Å². The number of para-hydroxylation sites is 1. The third-order valence-electron chi connectivity index (χ3n) is 12.6. The largest absolute Gasteiger partial charge is 0.453 e. The molecule has 330 valence electrons. The topological polar surface area (TPSA) is 195 Å². The summed E-state index contributed by atoms with van der Waals surface area (Å²) in [5.74, 6) is -0.757. The van der Waals surface area contributed by atoms with Crippen LogP contribution in [0.15, 0.2) is 66.7 Å². The van der Waals surface area contributed by atoms with Crippen molar-refractivity contribution in [2.45, 2.75) is 89.0 Å². The van der Waals surface area contributed by atoms with Crippen molar-refractivity contribution >= 4 is 58.8 Å². The van der Waals surface area contributed by atoms with Crippen molar-refractivity contribution in [2.75, 3.05) is 37.5 Å². The quantitative estimate of drug-likeness (QED) is 0.148. The van der Waals surface area contributed by atoms with Gasteiger partial charge < -0.3 is 40.2 Å². The zero-order valence-electron chi connectivity index (χ0n) is 35.6. The highest BCUT2D eigenvalue weighted by molar-refractivity contribution is 6.32. The maximum Gasteiger partial charge on any atom is 0.407 e. The van der Waals surface area contributed by atoms with Crippen LogP contribution in [0, 0.1) is 5.92 Å². The number of anilines is 2. The number of amides is 6. The Balaban J connectivity index is 0.915. The number of aryl methyl sites for hydroxylation is 1. The minimum absolute atomic E-state index is 0.155. The van der Waals surface area contributed by atoms with Crippen molar-refractivity contribution in [3.8, 4) is 22.4 Å². The number of alkyl carbamates (subject to hydrolysis) is 2. The van der Waals surface area contributed by atoms with Crippen LogP contribution in [0.2, 0.25) is 5.15 Å². The number of likely N-dealkylation sites (tertiary alicyclic amines) is 2. The van der Waals surface area contributed by atoms with Crippen LogP contribution in [0.1, 0.15) is 68.9 Å². The predicted molar refractivity (Wildman–Crippen MR) is 235 cm³/mol. The molecule has 6 amide bonds. The van der Waals surface area contributed by atoms with E-state index in [1.807, 2.05) is 80.6 Å². The van der Waals surface area contributed by atoms with Crippen molar-refractivity contribution in [3.05, 3.63) is 88.8 Å². The van der Waals surface area contributed by atoms with Gasteiger partial charge in [0.25, 0.3) is 0 Å². The zero-order valence-corrected chi connectivity index (χ0v) is 36.4. The van der Waals surface area contributed by atoms with Gasteiger partial charge in [-0.25, -0.2) is 14.6 Å². The fourth-order valence-corrected chi connectivity index (χ4v) is 9.61. The molecule has 4 N–H and O–H groups in total. The first-order chi connectivity index (χ1) is 30.4. The molecule has 1 aromatic heterocycles.